The third kappa shape index (κ3) is 4.64. The second-order valence-corrected chi connectivity index (χ2v) is 6.28. The van der Waals surface area contributed by atoms with Gasteiger partial charge in [0.2, 0.25) is 5.91 Å². The van der Waals surface area contributed by atoms with Gasteiger partial charge in [0.05, 0.1) is 5.41 Å². The Morgan fingerprint density at radius 3 is 1.59 bits per heavy atom. The highest BCUT2D eigenvalue weighted by atomic mass is 19.1. The Bertz CT molecular complexity index is 720. The maximum atomic E-state index is 14.1. The molecule has 2 aromatic carbocycles. The van der Waals surface area contributed by atoms with E-state index in [0.29, 0.717) is 0 Å². The molecule has 4 nitrogen and oxygen atoms in total. The second kappa shape index (κ2) is 8.96. The number of carbonyl (C=O) groups is 1. The lowest BCUT2D eigenvalue weighted by atomic mass is 9.75. The van der Waals surface area contributed by atoms with Crippen LogP contribution in [0.2, 0.25) is 0 Å². The van der Waals surface area contributed by atoms with E-state index in [2.05, 4.69) is 5.32 Å². The maximum Gasteiger partial charge on any atom is 0.228 e. The van der Waals surface area contributed by atoms with Crippen LogP contribution in [0.1, 0.15) is 11.1 Å². The lowest BCUT2D eigenvalue weighted by Gasteiger charge is -2.32. The largest absolute Gasteiger partial charge is 0.354 e. The number of hydrogen-bond donors (Lipinski definition) is 3. The number of benzene rings is 2. The minimum Gasteiger partial charge on any atom is -0.354 e. The molecule has 0 radical (unpaired) electrons. The molecule has 2 rings (SSSR count). The first kappa shape index (κ1) is 20.9. The molecule has 0 unspecified atom stereocenters. The molecule has 8 heteroatoms. The van der Waals surface area contributed by atoms with Crippen LogP contribution in [0.4, 0.5) is 17.6 Å². The molecule has 0 atom stereocenters. The summed E-state index contributed by atoms with van der Waals surface area (Å²) in [6.45, 7) is -0.181. The third-order valence-electron chi connectivity index (χ3n) is 4.46. The van der Waals surface area contributed by atoms with Crippen molar-refractivity contribution >= 4 is 5.91 Å². The van der Waals surface area contributed by atoms with Crippen LogP contribution in [0.3, 0.4) is 0 Å². The summed E-state index contributed by atoms with van der Waals surface area (Å²) in [5.74, 6) is -4.15. The maximum absolute atomic E-state index is 14.1. The van der Waals surface area contributed by atoms with E-state index in [0.717, 1.165) is 24.3 Å². The predicted octanol–water partition coefficient (Wildman–Crippen LogP) is 2.05. The van der Waals surface area contributed by atoms with Crippen molar-refractivity contribution in [3.8, 4) is 0 Å². The fourth-order valence-electron chi connectivity index (χ4n) is 2.91. The summed E-state index contributed by atoms with van der Waals surface area (Å²) in [6, 6.07) is 6.54. The molecule has 0 spiro atoms. The zero-order chi connectivity index (χ0) is 20.0. The second-order valence-electron chi connectivity index (χ2n) is 6.28. The number of amides is 1. The highest BCUT2D eigenvalue weighted by molar-refractivity contribution is 5.83. The Morgan fingerprint density at radius 2 is 1.26 bits per heavy atom. The van der Waals surface area contributed by atoms with E-state index in [9.17, 15) is 22.4 Å². The Kier molecular flexibility index (Phi) is 6.92. The van der Waals surface area contributed by atoms with E-state index in [4.69, 9.17) is 11.5 Å². The average Bonchev–Trinajstić information content (AvgIpc) is 2.64. The van der Waals surface area contributed by atoms with Crippen LogP contribution in [0.25, 0.3) is 0 Å². The van der Waals surface area contributed by atoms with Crippen LogP contribution in [0.15, 0.2) is 36.4 Å². The molecule has 27 heavy (non-hydrogen) atoms. The fraction of sp³-hybridized carbons (Fsp3) is 0.316. The minimum absolute atomic E-state index is 0.0834. The van der Waals surface area contributed by atoms with Gasteiger partial charge in [0.1, 0.15) is 23.3 Å². The number of halogens is 4. The smallest absolute Gasteiger partial charge is 0.228 e. The highest BCUT2D eigenvalue weighted by Crippen LogP contribution is 2.31. The van der Waals surface area contributed by atoms with Gasteiger partial charge in [0, 0.05) is 30.8 Å². The van der Waals surface area contributed by atoms with Gasteiger partial charge in [0.15, 0.2) is 0 Å². The molecular formula is C19H21F4N3O. The Balaban J connectivity index is 2.51. The molecule has 0 saturated carbocycles. The van der Waals surface area contributed by atoms with E-state index in [1.807, 2.05) is 0 Å². The number of hydrogen-bond acceptors (Lipinski definition) is 3. The van der Waals surface area contributed by atoms with Gasteiger partial charge in [-0.25, -0.2) is 17.6 Å². The van der Waals surface area contributed by atoms with E-state index >= 15 is 0 Å². The monoisotopic (exact) mass is 383 g/mol. The first-order valence-corrected chi connectivity index (χ1v) is 8.39. The zero-order valence-corrected chi connectivity index (χ0v) is 14.6. The predicted molar refractivity (Wildman–Crippen MR) is 93.7 cm³/mol. The quantitative estimate of drug-likeness (QED) is 0.611. The Hall–Kier alpha value is -2.45. The lowest BCUT2D eigenvalue weighted by Crippen LogP contribution is -2.50. The van der Waals surface area contributed by atoms with Gasteiger partial charge in [-0.15, -0.1) is 0 Å². The van der Waals surface area contributed by atoms with Gasteiger partial charge in [-0.2, -0.15) is 0 Å². The van der Waals surface area contributed by atoms with Crippen molar-refractivity contribution in [3.63, 3.8) is 0 Å². The fourth-order valence-corrected chi connectivity index (χ4v) is 2.91. The summed E-state index contributed by atoms with van der Waals surface area (Å²) >= 11 is 0. The van der Waals surface area contributed by atoms with Crippen LogP contribution in [0, 0.1) is 28.7 Å². The van der Waals surface area contributed by atoms with E-state index in [-0.39, 0.29) is 30.8 Å². The number of nitrogens with two attached hydrogens (primary N) is 2. The van der Waals surface area contributed by atoms with Crippen molar-refractivity contribution in [1.29, 1.82) is 0 Å². The van der Waals surface area contributed by atoms with Gasteiger partial charge in [-0.3, -0.25) is 4.79 Å². The molecule has 0 aliphatic rings. The van der Waals surface area contributed by atoms with Crippen molar-refractivity contribution in [1.82, 2.24) is 5.32 Å². The lowest BCUT2D eigenvalue weighted by molar-refractivity contribution is -0.130. The molecule has 2 aromatic rings. The molecule has 0 aromatic heterocycles. The minimum atomic E-state index is -1.67. The molecule has 5 N–H and O–H groups in total. The standard InChI is InChI=1S/C19H21F4N3O/c20-14-3-1-4-15(21)12(14)9-19(11-25,18(27)26-8-7-24)10-13-16(22)5-2-6-17(13)23/h1-6H,7-11,24-25H2,(H,26,27). The summed E-state index contributed by atoms with van der Waals surface area (Å²) in [5, 5.41) is 2.51. The van der Waals surface area contributed by atoms with Crippen molar-refractivity contribution in [2.24, 2.45) is 16.9 Å². The number of nitrogens with one attached hydrogen (secondary N) is 1. The summed E-state index contributed by atoms with van der Waals surface area (Å²) in [4.78, 5) is 12.8. The first-order chi connectivity index (χ1) is 12.8. The normalized spacial score (nSPS) is 11.5. The van der Waals surface area contributed by atoms with Crippen LogP contribution in [-0.4, -0.2) is 25.5 Å². The zero-order valence-electron chi connectivity index (χ0n) is 14.6. The van der Waals surface area contributed by atoms with Gasteiger partial charge in [-0.05, 0) is 37.1 Å². The van der Waals surface area contributed by atoms with E-state index in [1.165, 1.54) is 12.1 Å². The van der Waals surface area contributed by atoms with Crippen molar-refractivity contribution in [2.45, 2.75) is 12.8 Å². The molecule has 1 amide bonds. The summed E-state index contributed by atoms with van der Waals surface area (Å²) in [6.07, 6.45) is -0.932. The molecule has 0 fully saturated rings. The van der Waals surface area contributed by atoms with Gasteiger partial charge in [-0.1, -0.05) is 12.1 Å². The number of carbonyl (C=O) groups excluding carboxylic acids is 1. The molecule has 0 heterocycles. The van der Waals surface area contributed by atoms with Crippen LogP contribution in [0.5, 0.6) is 0 Å². The Morgan fingerprint density at radius 1 is 0.852 bits per heavy atom. The average molecular weight is 383 g/mol. The van der Waals surface area contributed by atoms with Crippen molar-refractivity contribution in [3.05, 3.63) is 70.8 Å². The highest BCUT2D eigenvalue weighted by Gasteiger charge is 2.40. The number of rotatable bonds is 8. The van der Waals surface area contributed by atoms with Crippen molar-refractivity contribution in [2.75, 3.05) is 19.6 Å². The molecule has 0 bridgehead atoms. The van der Waals surface area contributed by atoms with E-state index < -0.39 is 47.4 Å². The van der Waals surface area contributed by atoms with Gasteiger partial charge < -0.3 is 16.8 Å². The summed E-state index contributed by atoms with van der Waals surface area (Å²) in [5.41, 5.74) is 8.76. The topological polar surface area (TPSA) is 81.1 Å². The van der Waals surface area contributed by atoms with Crippen molar-refractivity contribution < 1.29 is 22.4 Å². The molecule has 146 valence electrons. The first-order valence-electron chi connectivity index (χ1n) is 8.39. The van der Waals surface area contributed by atoms with Gasteiger partial charge >= 0.3 is 0 Å². The van der Waals surface area contributed by atoms with Crippen LogP contribution < -0.4 is 16.8 Å². The SMILES string of the molecule is NCCNC(=O)C(CN)(Cc1c(F)cccc1F)Cc1c(F)cccc1F. The molecule has 0 aliphatic heterocycles. The molecular weight excluding hydrogens is 362 g/mol. The third-order valence-corrected chi connectivity index (χ3v) is 4.46. The van der Waals surface area contributed by atoms with Crippen LogP contribution in [-0.2, 0) is 17.6 Å². The molecule has 0 saturated heterocycles. The Labute approximate surface area is 154 Å². The van der Waals surface area contributed by atoms with Crippen LogP contribution >= 0.6 is 0 Å². The van der Waals surface area contributed by atoms with E-state index in [1.54, 1.807) is 0 Å². The van der Waals surface area contributed by atoms with Gasteiger partial charge in [0.25, 0.3) is 0 Å². The summed E-state index contributed by atoms with van der Waals surface area (Å²) < 4.78 is 56.6. The molecule has 0 aliphatic carbocycles. The summed E-state index contributed by atoms with van der Waals surface area (Å²) in [7, 11) is 0.